The molecular formula is C31H33ClFN3O3. The quantitative estimate of drug-likeness (QED) is 0.301. The first kappa shape index (κ1) is 28.5. The van der Waals surface area contributed by atoms with E-state index in [-0.39, 0.29) is 24.7 Å². The van der Waals surface area contributed by atoms with Crippen molar-refractivity contribution < 1.29 is 19.1 Å². The number of carboxylic acid groups (broad SMARTS) is 1. The lowest BCUT2D eigenvalue weighted by Crippen LogP contribution is -2.50. The molecular weight excluding hydrogens is 517 g/mol. The fourth-order valence-electron chi connectivity index (χ4n) is 5.13. The Kier molecular flexibility index (Phi) is 9.15. The lowest BCUT2D eigenvalue weighted by atomic mass is 9.95. The number of halogens is 2. The second-order valence-corrected chi connectivity index (χ2v) is 10.5. The minimum Gasteiger partial charge on any atom is -0.481 e. The Labute approximate surface area is 233 Å². The van der Waals surface area contributed by atoms with Crippen molar-refractivity contribution in [2.75, 3.05) is 25.0 Å². The molecule has 6 nitrogen and oxygen atoms in total. The molecule has 1 amide bonds. The van der Waals surface area contributed by atoms with Crippen LogP contribution in [0.2, 0.25) is 5.02 Å². The van der Waals surface area contributed by atoms with Gasteiger partial charge in [0.05, 0.1) is 29.4 Å². The Morgan fingerprint density at radius 3 is 2.51 bits per heavy atom. The SMILES string of the molecule is CCN1CCC[C@]1(C)C(=O)Nc1ccc(Cl)cc1C(=NC[C@H](Cc1ccc(F)cc1)C(=O)O)c1ccccc1. The third kappa shape index (κ3) is 6.72. The van der Waals surface area contributed by atoms with Crippen molar-refractivity contribution in [1.82, 2.24) is 4.90 Å². The zero-order valence-electron chi connectivity index (χ0n) is 22.2. The van der Waals surface area contributed by atoms with Crippen LogP contribution < -0.4 is 5.32 Å². The molecule has 1 fully saturated rings. The number of likely N-dealkylation sites (N-methyl/N-ethyl adjacent to an activating group) is 1. The van der Waals surface area contributed by atoms with Gasteiger partial charge in [-0.2, -0.15) is 0 Å². The van der Waals surface area contributed by atoms with Crippen LogP contribution in [0.5, 0.6) is 0 Å². The standard InChI is InChI=1S/C31H33ClFN3O3/c1-3-36-17-7-16-31(36,2)30(39)35-27-15-12-24(32)19-26(27)28(22-8-5-4-6-9-22)34-20-23(29(37)38)18-21-10-13-25(33)14-11-21/h4-6,8-15,19,23H,3,7,16-18,20H2,1-2H3,(H,35,39)(H,37,38)/t23-,31+/m0/s1. The Morgan fingerprint density at radius 2 is 1.85 bits per heavy atom. The third-order valence-electron chi connectivity index (χ3n) is 7.41. The molecule has 0 bridgehead atoms. The molecule has 204 valence electrons. The van der Waals surface area contributed by atoms with Crippen molar-refractivity contribution in [2.45, 2.75) is 38.6 Å². The molecule has 8 heteroatoms. The van der Waals surface area contributed by atoms with Crippen LogP contribution in [0.1, 0.15) is 43.4 Å². The first-order valence-electron chi connectivity index (χ1n) is 13.1. The molecule has 0 saturated carbocycles. The maximum Gasteiger partial charge on any atom is 0.308 e. The summed E-state index contributed by atoms with van der Waals surface area (Å²) in [5.74, 6) is -2.30. The summed E-state index contributed by atoms with van der Waals surface area (Å²) in [5.41, 5.74) is 2.55. The van der Waals surface area contributed by atoms with E-state index in [1.807, 2.05) is 37.3 Å². The molecule has 1 aliphatic rings. The number of likely N-dealkylation sites (tertiary alicyclic amines) is 1. The van der Waals surface area contributed by atoms with Gasteiger partial charge in [-0.25, -0.2) is 4.39 Å². The topological polar surface area (TPSA) is 82.0 Å². The predicted octanol–water partition coefficient (Wildman–Crippen LogP) is 6.07. The van der Waals surface area contributed by atoms with Gasteiger partial charge in [-0.1, -0.05) is 61.0 Å². The van der Waals surface area contributed by atoms with E-state index in [1.165, 1.54) is 12.1 Å². The van der Waals surface area contributed by atoms with E-state index in [0.717, 1.165) is 31.5 Å². The molecule has 0 spiro atoms. The van der Waals surface area contributed by atoms with Crippen LogP contribution in [0.3, 0.4) is 0 Å². The summed E-state index contributed by atoms with van der Waals surface area (Å²) in [6, 6.07) is 20.4. The van der Waals surface area contributed by atoms with Gasteiger partial charge in [-0.15, -0.1) is 0 Å². The second-order valence-electron chi connectivity index (χ2n) is 10.0. The molecule has 0 radical (unpaired) electrons. The molecule has 0 unspecified atom stereocenters. The summed E-state index contributed by atoms with van der Waals surface area (Å²) in [6.07, 6.45) is 1.91. The Hall–Kier alpha value is -3.55. The van der Waals surface area contributed by atoms with Crippen molar-refractivity contribution in [3.63, 3.8) is 0 Å². The van der Waals surface area contributed by atoms with Gasteiger partial charge in [0.1, 0.15) is 5.82 Å². The number of benzene rings is 3. The molecule has 3 aromatic rings. The van der Waals surface area contributed by atoms with Crippen molar-refractivity contribution >= 4 is 34.9 Å². The molecule has 39 heavy (non-hydrogen) atoms. The zero-order chi connectivity index (χ0) is 28.0. The van der Waals surface area contributed by atoms with Gasteiger partial charge in [0, 0.05) is 16.1 Å². The highest BCUT2D eigenvalue weighted by molar-refractivity contribution is 6.31. The first-order chi connectivity index (χ1) is 18.7. The Morgan fingerprint density at radius 1 is 1.13 bits per heavy atom. The largest absolute Gasteiger partial charge is 0.481 e. The van der Waals surface area contributed by atoms with Gasteiger partial charge in [0.15, 0.2) is 0 Å². The minimum atomic E-state index is -0.996. The smallest absolute Gasteiger partial charge is 0.308 e. The number of nitrogens with one attached hydrogen (secondary N) is 1. The van der Waals surface area contributed by atoms with Crippen LogP contribution in [0.15, 0.2) is 77.8 Å². The fraction of sp³-hybridized carbons (Fsp3) is 0.323. The minimum absolute atomic E-state index is 0.0157. The Bertz CT molecular complexity index is 1350. The molecule has 0 aliphatic carbocycles. The normalized spacial score (nSPS) is 18.6. The zero-order valence-corrected chi connectivity index (χ0v) is 22.9. The number of aliphatic imine (C=N–C) groups is 1. The number of carbonyl (C=O) groups excluding carboxylic acids is 1. The van der Waals surface area contributed by atoms with Crippen molar-refractivity contribution in [2.24, 2.45) is 10.9 Å². The fourth-order valence-corrected chi connectivity index (χ4v) is 5.30. The number of carbonyl (C=O) groups is 2. The van der Waals surface area contributed by atoms with E-state index in [0.29, 0.717) is 27.5 Å². The van der Waals surface area contributed by atoms with Crippen LogP contribution in [0, 0.1) is 11.7 Å². The van der Waals surface area contributed by atoms with Gasteiger partial charge in [-0.3, -0.25) is 19.5 Å². The van der Waals surface area contributed by atoms with E-state index >= 15 is 0 Å². The van der Waals surface area contributed by atoms with Gasteiger partial charge in [-0.05, 0) is 75.2 Å². The highest BCUT2D eigenvalue weighted by Crippen LogP contribution is 2.32. The number of nitrogens with zero attached hydrogens (tertiary/aromatic N) is 2. The van der Waals surface area contributed by atoms with Crippen molar-refractivity contribution in [3.05, 3.63) is 100 Å². The number of rotatable bonds is 10. The van der Waals surface area contributed by atoms with Crippen molar-refractivity contribution in [1.29, 1.82) is 0 Å². The van der Waals surface area contributed by atoms with Crippen LogP contribution in [-0.2, 0) is 16.0 Å². The predicted molar refractivity (Wildman–Crippen MR) is 153 cm³/mol. The first-order valence-corrected chi connectivity index (χ1v) is 13.5. The number of amides is 1. The third-order valence-corrected chi connectivity index (χ3v) is 7.64. The summed E-state index contributed by atoms with van der Waals surface area (Å²) >= 11 is 6.42. The highest BCUT2D eigenvalue weighted by atomic mass is 35.5. The lowest BCUT2D eigenvalue weighted by Gasteiger charge is -2.33. The maximum absolute atomic E-state index is 13.6. The monoisotopic (exact) mass is 549 g/mol. The number of hydrogen-bond donors (Lipinski definition) is 2. The van der Waals surface area contributed by atoms with Crippen LogP contribution >= 0.6 is 11.6 Å². The van der Waals surface area contributed by atoms with Gasteiger partial charge < -0.3 is 10.4 Å². The number of carboxylic acids is 1. The molecule has 1 aliphatic heterocycles. The number of aliphatic carboxylic acids is 1. The summed E-state index contributed by atoms with van der Waals surface area (Å²) in [6.45, 7) is 5.65. The summed E-state index contributed by atoms with van der Waals surface area (Å²) in [5, 5.41) is 13.5. The maximum atomic E-state index is 13.6. The van der Waals surface area contributed by atoms with Crippen LogP contribution in [-0.4, -0.2) is 52.8 Å². The van der Waals surface area contributed by atoms with E-state index in [4.69, 9.17) is 16.6 Å². The number of hydrogen-bond acceptors (Lipinski definition) is 4. The molecule has 0 aromatic heterocycles. The summed E-state index contributed by atoms with van der Waals surface area (Å²) in [7, 11) is 0. The van der Waals surface area contributed by atoms with Gasteiger partial charge in [0.25, 0.3) is 0 Å². The van der Waals surface area contributed by atoms with Gasteiger partial charge in [0.2, 0.25) is 5.91 Å². The molecule has 2 N–H and O–H groups in total. The van der Waals surface area contributed by atoms with E-state index in [2.05, 4.69) is 17.1 Å². The molecule has 1 heterocycles. The molecule has 1 saturated heterocycles. The second kappa shape index (κ2) is 12.5. The average Bonchev–Trinajstić information content (AvgIpc) is 3.32. The van der Waals surface area contributed by atoms with Crippen LogP contribution in [0.4, 0.5) is 10.1 Å². The van der Waals surface area contributed by atoms with Crippen LogP contribution in [0.25, 0.3) is 0 Å². The molecule has 2 atom stereocenters. The van der Waals surface area contributed by atoms with Gasteiger partial charge >= 0.3 is 5.97 Å². The lowest BCUT2D eigenvalue weighted by molar-refractivity contribution is -0.141. The van der Waals surface area contributed by atoms with Crippen molar-refractivity contribution in [3.8, 4) is 0 Å². The number of anilines is 1. The molecule has 4 rings (SSSR count). The summed E-state index contributed by atoms with van der Waals surface area (Å²) < 4.78 is 13.4. The van der Waals surface area contributed by atoms with E-state index < -0.39 is 17.4 Å². The average molecular weight is 550 g/mol. The summed E-state index contributed by atoms with van der Waals surface area (Å²) in [4.78, 5) is 32.7. The van der Waals surface area contributed by atoms with E-state index in [1.54, 1.807) is 30.3 Å². The molecule has 3 aromatic carbocycles. The van der Waals surface area contributed by atoms with E-state index in [9.17, 15) is 19.1 Å². The Balaban J connectivity index is 1.70. The highest BCUT2D eigenvalue weighted by Gasteiger charge is 2.42.